The van der Waals surface area contributed by atoms with Crippen molar-refractivity contribution in [2.45, 2.75) is 24.5 Å². The molecular weight excluding hydrogens is 744 g/mol. The van der Waals surface area contributed by atoms with Gasteiger partial charge in [-0.15, -0.1) is 11.8 Å². The van der Waals surface area contributed by atoms with Crippen LogP contribution < -0.4 is 24.4 Å². The maximum Gasteiger partial charge on any atom is 0.338 e. The van der Waals surface area contributed by atoms with Crippen molar-refractivity contribution in [1.29, 1.82) is 0 Å². The van der Waals surface area contributed by atoms with Crippen molar-refractivity contribution in [3.63, 3.8) is 0 Å². The third-order valence-electron chi connectivity index (χ3n) is 8.61. The number of thiazole rings is 1. The van der Waals surface area contributed by atoms with E-state index in [-0.39, 0.29) is 12.2 Å². The molecule has 256 valence electrons. The molecule has 1 aliphatic rings. The van der Waals surface area contributed by atoms with Crippen LogP contribution in [0.3, 0.4) is 0 Å². The summed E-state index contributed by atoms with van der Waals surface area (Å²) in [5.74, 6) is 0.566. The van der Waals surface area contributed by atoms with Crippen LogP contribution in [0.5, 0.6) is 11.5 Å². The summed E-state index contributed by atoms with van der Waals surface area (Å²) < 4.78 is 20.4. The van der Waals surface area contributed by atoms with Gasteiger partial charge in [-0.3, -0.25) is 9.36 Å². The number of aromatic nitrogens is 1. The van der Waals surface area contributed by atoms with E-state index in [4.69, 9.17) is 19.2 Å². The van der Waals surface area contributed by atoms with Crippen molar-refractivity contribution in [2.24, 2.45) is 4.99 Å². The maximum atomic E-state index is 14.4. The van der Waals surface area contributed by atoms with Crippen LogP contribution >= 0.6 is 39.0 Å². The minimum absolute atomic E-state index is 0.186. The number of nitrogens with zero attached hydrogens (tertiary/aromatic N) is 2. The Morgan fingerprint density at radius 2 is 1.73 bits per heavy atom. The number of thioether (sulfide) groups is 1. The molecule has 2 heterocycles. The van der Waals surface area contributed by atoms with Crippen LogP contribution in [-0.4, -0.2) is 30.5 Å². The summed E-state index contributed by atoms with van der Waals surface area (Å²) >= 11 is 6.58. The smallest absolute Gasteiger partial charge is 0.338 e. The van der Waals surface area contributed by atoms with Gasteiger partial charge in [0, 0.05) is 10.5 Å². The van der Waals surface area contributed by atoms with Crippen LogP contribution in [0.2, 0.25) is 0 Å². The molecule has 0 aliphatic carbocycles. The molecule has 6 aromatic rings. The molecule has 10 heteroatoms. The molecule has 5 aromatic carbocycles. The van der Waals surface area contributed by atoms with E-state index >= 15 is 0 Å². The van der Waals surface area contributed by atoms with E-state index in [0.717, 1.165) is 37.9 Å². The van der Waals surface area contributed by atoms with E-state index in [9.17, 15) is 9.59 Å². The monoisotopic (exact) mass is 776 g/mol. The van der Waals surface area contributed by atoms with Gasteiger partial charge in [0.05, 0.1) is 40.0 Å². The Kier molecular flexibility index (Phi) is 10.3. The van der Waals surface area contributed by atoms with Crippen molar-refractivity contribution in [3.05, 3.63) is 161 Å². The molecule has 7 rings (SSSR count). The summed E-state index contributed by atoms with van der Waals surface area (Å²) in [7, 11) is 1.59. The van der Waals surface area contributed by atoms with Gasteiger partial charge in [0.25, 0.3) is 5.56 Å². The second kappa shape index (κ2) is 15.1. The summed E-state index contributed by atoms with van der Waals surface area (Å²) in [5, 5.41) is 2.27. The average Bonchev–Trinajstić information content (AvgIpc) is 3.47. The van der Waals surface area contributed by atoms with Gasteiger partial charge in [0.2, 0.25) is 0 Å². The lowest BCUT2D eigenvalue weighted by Gasteiger charge is -2.26. The van der Waals surface area contributed by atoms with Gasteiger partial charge in [-0.2, -0.15) is 0 Å². The third kappa shape index (κ3) is 6.91. The van der Waals surface area contributed by atoms with Crippen molar-refractivity contribution in [2.75, 3.05) is 20.0 Å². The van der Waals surface area contributed by atoms with Gasteiger partial charge < -0.3 is 14.2 Å². The van der Waals surface area contributed by atoms with Gasteiger partial charge in [0.15, 0.2) is 16.3 Å². The molecule has 0 spiro atoms. The number of esters is 1. The zero-order chi connectivity index (χ0) is 35.5. The number of methoxy groups -OCH3 is 1. The molecule has 0 radical (unpaired) electrons. The molecule has 0 saturated heterocycles. The Bertz CT molecular complexity index is 2470. The molecule has 0 unspecified atom stereocenters. The third-order valence-corrected chi connectivity index (χ3v) is 10.9. The number of benzene rings is 5. The first kappa shape index (κ1) is 34.5. The lowest BCUT2D eigenvalue weighted by atomic mass is 9.93. The molecule has 0 N–H and O–H groups in total. The number of hydrogen-bond acceptors (Lipinski definition) is 8. The highest BCUT2D eigenvalue weighted by molar-refractivity contribution is 9.10. The van der Waals surface area contributed by atoms with Crippen LogP contribution in [0.25, 0.3) is 22.5 Å². The normalized spacial score (nSPS) is 14.3. The van der Waals surface area contributed by atoms with Crippen LogP contribution in [-0.2, 0) is 16.1 Å². The Labute approximate surface area is 311 Å². The Balaban J connectivity index is 1.33. The predicted molar refractivity (Wildman–Crippen MR) is 208 cm³/mol. The van der Waals surface area contributed by atoms with Crippen LogP contribution in [0.1, 0.15) is 35.2 Å². The number of carbonyl (C=O) groups is 1. The zero-order valence-corrected chi connectivity index (χ0v) is 31.3. The summed E-state index contributed by atoms with van der Waals surface area (Å²) in [5.41, 5.74) is 3.87. The first-order valence-corrected chi connectivity index (χ1v) is 19.1. The molecule has 1 aliphatic heterocycles. The van der Waals surface area contributed by atoms with E-state index in [1.54, 1.807) is 30.4 Å². The van der Waals surface area contributed by atoms with E-state index in [1.165, 1.54) is 11.3 Å². The Hall–Kier alpha value is -4.90. The minimum atomic E-state index is -0.750. The maximum absolute atomic E-state index is 14.4. The van der Waals surface area contributed by atoms with Gasteiger partial charge in [-0.05, 0) is 86.9 Å². The van der Waals surface area contributed by atoms with Gasteiger partial charge in [-0.25, -0.2) is 9.79 Å². The molecule has 0 saturated carbocycles. The lowest BCUT2D eigenvalue weighted by molar-refractivity contribution is -0.138. The topological polar surface area (TPSA) is 79.1 Å². The largest absolute Gasteiger partial charge is 0.493 e. The summed E-state index contributed by atoms with van der Waals surface area (Å²) in [6.45, 7) is 2.30. The highest BCUT2D eigenvalue weighted by atomic mass is 79.9. The fraction of sp³-hybridized carbons (Fsp3) is 0.146. The Morgan fingerprint density at radius 3 is 2.47 bits per heavy atom. The zero-order valence-electron chi connectivity index (χ0n) is 28.1. The van der Waals surface area contributed by atoms with Gasteiger partial charge in [0.1, 0.15) is 6.61 Å². The highest BCUT2D eigenvalue weighted by Gasteiger charge is 2.35. The molecule has 0 bridgehead atoms. The molecule has 1 aromatic heterocycles. The van der Waals surface area contributed by atoms with Gasteiger partial charge >= 0.3 is 5.97 Å². The van der Waals surface area contributed by atoms with E-state index < -0.39 is 12.0 Å². The minimum Gasteiger partial charge on any atom is -0.493 e. The molecule has 0 fully saturated rings. The lowest BCUT2D eigenvalue weighted by Crippen LogP contribution is -2.40. The van der Waals surface area contributed by atoms with Crippen molar-refractivity contribution in [1.82, 2.24) is 4.57 Å². The first-order valence-electron chi connectivity index (χ1n) is 16.3. The summed E-state index contributed by atoms with van der Waals surface area (Å²) in [6.07, 6.45) is 3.82. The number of fused-ring (bicyclic) bond motifs is 2. The highest BCUT2D eigenvalue weighted by Crippen LogP contribution is 2.38. The fourth-order valence-electron chi connectivity index (χ4n) is 6.22. The van der Waals surface area contributed by atoms with Crippen LogP contribution in [0, 0.1) is 0 Å². The molecule has 7 nitrogen and oxygen atoms in total. The SMILES string of the molecule is CCOC(=O)C1=C(c2ccccc2)N=c2s/c(=C\c3cc(Br)c(OCc4cccc5ccccc45)c(OC)c3)c(=O)n2[C@H]1c1ccc(SC)cc1. The summed E-state index contributed by atoms with van der Waals surface area (Å²) in [6, 6.07) is 34.8. The van der Waals surface area contributed by atoms with Crippen LogP contribution in [0.4, 0.5) is 0 Å². The van der Waals surface area contributed by atoms with Crippen molar-refractivity contribution in [3.8, 4) is 11.5 Å². The number of hydrogen-bond donors (Lipinski definition) is 0. The van der Waals surface area contributed by atoms with Gasteiger partial charge in [-0.1, -0.05) is 96.3 Å². The first-order chi connectivity index (χ1) is 24.9. The molecule has 51 heavy (non-hydrogen) atoms. The number of ether oxygens (including phenoxy) is 3. The van der Waals surface area contributed by atoms with Crippen LogP contribution in [0.15, 0.2) is 134 Å². The number of rotatable bonds is 10. The Morgan fingerprint density at radius 1 is 0.980 bits per heavy atom. The van der Waals surface area contributed by atoms with E-state index in [1.807, 2.05) is 97.3 Å². The quantitative estimate of drug-likeness (QED) is 0.103. The fourth-order valence-corrected chi connectivity index (χ4v) is 8.21. The summed E-state index contributed by atoms with van der Waals surface area (Å²) in [4.78, 5) is 34.7. The number of carbonyl (C=O) groups excluding carboxylic acids is 1. The predicted octanol–water partition coefficient (Wildman–Crippen LogP) is 8.16. The van der Waals surface area contributed by atoms with Crippen molar-refractivity contribution < 1.29 is 19.0 Å². The second-order valence-electron chi connectivity index (χ2n) is 11.7. The molecule has 0 amide bonds. The average molecular weight is 778 g/mol. The van der Waals surface area contributed by atoms with E-state index in [0.29, 0.717) is 43.2 Å². The standard InChI is InChI=1S/C41H33BrN2O5S2/c1-4-48-40(46)35-36(27-12-6-5-7-13-27)43-41-44(37(35)28-17-19-30(50-3)20-18-28)39(45)34(51-41)23-25-21-32(42)38(33(22-25)47-2)49-24-29-15-10-14-26-11-8-9-16-31(26)29/h5-23,37H,4,24H2,1-3H3/b34-23-/t37-/m0/s1. The van der Waals surface area contributed by atoms with Crippen molar-refractivity contribution >= 4 is 67.5 Å². The molecule has 1 atom stereocenters. The number of halogens is 1. The van der Waals surface area contributed by atoms with E-state index in [2.05, 4.69) is 40.2 Å². The molecular formula is C41H33BrN2O5S2. The second-order valence-corrected chi connectivity index (χ2v) is 14.4.